The molecule has 6 unspecified atom stereocenters. The quantitative estimate of drug-likeness (QED) is 0.312. The van der Waals surface area contributed by atoms with E-state index in [1.54, 1.807) is 12.1 Å². The van der Waals surface area contributed by atoms with Gasteiger partial charge in [-0.1, -0.05) is 23.8 Å². The number of ether oxygens (including phenoxy) is 1. The minimum Gasteiger partial charge on any atom is -0.504 e. The van der Waals surface area contributed by atoms with Gasteiger partial charge in [-0.05, 0) is 49.1 Å². The van der Waals surface area contributed by atoms with Crippen LogP contribution in [0.15, 0.2) is 54.1 Å². The number of alkyl halides is 2. The number of carbonyl (C=O) groups is 5. The Morgan fingerprint density at radius 2 is 1.73 bits per heavy atom. The van der Waals surface area contributed by atoms with Gasteiger partial charge in [0.15, 0.2) is 21.2 Å². The Kier molecular flexibility index (Phi) is 5.99. The molecule has 2 aromatic carbocycles. The molecular weight excluding hydrogens is 580 g/mol. The summed E-state index contributed by atoms with van der Waals surface area (Å²) >= 11 is 14.4. The highest BCUT2D eigenvalue weighted by molar-refractivity contribution is 6.58. The standard InChI is InChI=1S/C28H22Cl2FN3O7/c1-41-18-4-2-3-16(21(18)35)20-14-9-10-15-19(23(37)34(22(15)36)26(32)40)17(14)11-27(29)24(38)33(25(39)28(20,27)30)13-7-5-12(31)6-8-13/h2-9,15,17,19-20,35H,10-11H2,1H3,(H2,32,40). The van der Waals surface area contributed by atoms with Crippen LogP contribution < -0.4 is 15.4 Å². The lowest BCUT2D eigenvalue weighted by molar-refractivity contribution is -0.136. The first-order chi connectivity index (χ1) is 19.4. The largest absolute Gasteiger partial charge is 0.504 e. The van der Waals surface area contributed by atoms with Gasteiger partial charge < -0.3 is 15.6 Å². The molecule has 6 rings (SSSR count). The first-order valence-corrected chi connectivity index (χ1v) is 13.4. The average molecular weight is 602 g/mol. The van der Waals surface area contributed by atoms with Crippen LogP contribution in [-0.2, 0) is 19.2 Å². The van der Waals surface area contributed by atoms with Gasteiger partial charge in [-0.2, -0.15) is 4.90 Å². The molecule has 10 nitrogen and oxygen atoms in total. The summed E-state index contributed by atoms with van der Waals surface area (Å²) < 4.78 is 19.0. The number of likely N-dealkylation sites (tertiary alicyclic amines) is 1. The van der Waals surface area contributed by atoms with Crippen molar-refractivity contribution in [3.63, 3.8) is 0 Å². The van der Waals surface area contributed by atoms with Crippen molar-refractivity contribution >= 4 is 58.5 Å². The maximum atomic E-state index is 14.2. The van der Waals surface area contributed by atoms with Crippen LogP contribution in [0, 0.1) is 23.6 Å². The fourth-order valence-electron chi connectivity index (χ4n) is 6.90. The van der Waals surface area contributed by atoms with E-state index >= 15 is 0 Å². The lowest BCUT2D eigenvalue weighted by Gasteiger charge is -2.50. The Labute approximate surface area is 242 Å². The zero-order valence-electron chi connectivity index (χ0n) is 21.3. The number of rotatable bonds is 3. The van der Waals surface area contributed by atoms with Crippen LogP contribution in [-0.4, -0.2) is 56.5 Å². The van der Waals surface area contributed by atoms with E-state index in [1.807, 2.05) is 0 Å². The minimum atomic E-state index is -2.23. The number of hydrogen-bond donors (Lipinski definition) is 2. The normalized spacial score (nSPS) is 32.4. The number of benzene rings is 2. The summed E-state index contributed by atoms with van der Waals surface area (Å²) in [5.74, 6) is -8.62. The van der Waals surface area contributed by atoms with Crippen LogP contribution >= 0.6 is 23.2 Å². The topological polar surface area (TPSA) is 147 Å². The molecular formula is C28H22Cl2FN3O7. The van der Waals surface area contributed by atoms with E-state index in [-0.39, 0.29) is 35.6 Å². The molecule has 41 heavy (non-hydrogen) atoms. The van der Waals surface area contributed by atoms with Crippen molar-refractivity contribution in [1.82, 2.24) is 4.90 Å². The number of nitrogens with zero attached hydrogens (tertiary/aromatic N) is 2. The zero-order valence-corrected chi connectivity index (χ0v) is 22.9. The van der Waals surface area contributed by atoms with Gasteiger partial charge in [-0.3, -0.25) is 19.2 Å². The Morgan fingerprint density at radius 3 is 2.37 bits per heavy atom. The summed E-state index contributed by atoms with van der Waals surface area (Å²) in [5, 5.41) is 11.2. The van der Waals surface area contributed by atoms with E-state index in [0.717, 1.165) is 17.0 Å². The number of halogens is 3. The van der Waals surface area contributed by atoms with E-state index in [2.05, 4.69) is 0 Å². The number of phenols is 1. The second-order valence-electron chi connectivity index (χ2n) is 10.5. The third kappa shape index (κ3) is 3.39. The number of carbonyl (C=O) groups excluding carboxylic acids is 5. The molecule has 0 spiro atoms. The smallest absolute Gasteiger partial charge is 0.328 e. The average Bonchev–Trinajstić information content (AvgIpc) is 3.28. The molecule has 0 bridgehead atoms. The molecule has 3 N–H and O–H groups in total. The molecule has 1 saturated carbocycles. The van der Waals surface area contributed by atoms with Gasteiger partial charge in [0.05, 0.1) is 24.6 Å². The minimum absolute atomic E-state index is 0.0121. The van der Waals surface area contributed by atoms with Gasteiger partial charge in [0.25, 0.3) is 11.8 Å². The number of para-hydroxylation sites is 1. The maximum Gasteiger partial charge on any atom is 0.328 e. The first-order valence-electron chi connectivity index (χ1n) is 12.6. The summed E-state index contributed by atoms with van der Waals surface area (Å²) in [7, 11) is 1.33. The Bertz CT molecular complexity index is 1600. The van der Waals surface area contributed by atoms with Crippen LogP contribution in [0.4, 0.5) is 14.9 Å². The van der Waals surface area contributed by atoms with E-state index in [4.69, 9.17) is 33.7 Å². The van der Waals surface area contributed by atoms with Gasteiger partial charge in [0.2, 0.25) is 11.8 Å². The van der Waals surface area contributed by atoms with Crippen LogP contribution in [0.1, 0.15) is 24.3 Å². The second kappa shape index (κ2) is 9.02. The molecule has 2 aromatic rings. The lowest BCUT2D eigenvalue weighted by atomic mass is 9.56. The fraction of sp³-hybridized carbons (Fsp3) is 0.321. The van der Waals surface area contributed by atoms with Gasteiger partial charge in [-0.25, -0.2) is 14.1 Å². The number of imide groups is 4. The predicted molar refractivity (Wildman–Crippen MR) is 143 cm³/mol. The maximum absolute atomic E-state index is 14.2. The molecule has 6 amide bonds. The lowest BCUT2D eigenvalue weighted by Crippen LogP contribution is -2.60. The molecule has 4 aliphatic rings. The van der Waals surface area contributed by atoms with Gasteiger partial charge in [-0.15, -0.1) is 23.2 Å². The van der Waals surface area contributed by atoms with Gasteiger partial charge >= 0.3 is 6.03 Å². The molecule has 2 saturated heterocycles. The van der Waals surface area contributed by atoms with Crippen molar-refractivity contribution in [1.29, 1.82) is 0 Å². The van der Waals surface area contributed by atoms with Crippen molar-refractivity contribution in [2.75, 3.05) is 12.0 Å². The molecule has 2 aliphatic heterocycles. The third-order valence-corrected chi connectivity index (χ3v) is 10.1. The van der Waals surface area contributed by atoms with E-state index in [9.17, 15) is 33.5 Å². The first kappa shape index (κ1) is 27.2. The Morgan fingerprint density at radius 1 is 1.05 bits per heavy atom. The van der Waals surface area contributed by atoms with Crippen molar-refractivity contribution < 1.29 is 38.2 Å². The van der Waals surface area contributed by atoms with Gasteiger partial charge in [0.1, 0.15) is 5.82 Å². The van der Waals surface area contributed by atoms with Crippen molar-refractivity contribution in [3.8, 4) is 11.5 Å². The Balaban J connectivity index is 1.59. The molecule has 2 aliphatic carbocycles. The SMILES string of the molecule is COc1cccc(C2C3=CCC4C(=O)N(C(N)=O)C(=O)C4C3CC3(Cl)C(=O)N(c4ccc(F)cc4)C(=O)C23Cl)c1O. The summed E-state index contributed by atoms with van der Waals surface area (Å²) in [4.78, 5) is 63.5. The number of amides is 6. The van der Waals surface area contributed by atoms with Crippen molar-refractivity contribution in [3.05, 3.63) is 65.5 Å². The highest BCUT2D eigenvalue weighted by Gasteiger charge is 2.77. The zero-order chi connectivity index (χ0) is 29.6. The molecule has 13 heteroatoms. The fourth-order valence-corrected chi connectivity index (χ4v) is 7.83. The number of urea groups is 1. The number of anilines is 1. The monoisotopic (exact) mass is 601 g/mol. The molecule has 0 radical (unpaired) electrons. The van der Waals surface area contributed by atoms with Crippen LogP contribution in [0.5, 0.6) is 11.5 Å². The molecule has 0 aromatic heterocycles. The van der Waals surface area contributed by atoms with E-state index in [0.29, 0.717) is 10.5 Å². The third-order valence-electron chi connectivity index (χ3n) is 8.68. The summed E-state index contributed by atoms with van der Waals surface area (Å²) in [6.45, 7) is 0. The number of fused-ring (bicyclic) bond motifs is 4. The van der Waals surface area contributed by atoms with E-state index < -0.39 is 68.9 Å². The van der Waals surface area contributed by atoms with Gasteiger partial charge in [0, 0.05) is 11.5 Å². The number of phenolic OH excluding ortho intramolecular Hbond substituents is 1. The van der Waals surface area contributed by atoms with Crippen molar-refractivity contribution in [2.24, 2.45) is 23.5 Å². The number of allylic oxidation sites excluding steroid dienone is 2. The summed E-state index contributed by atoms with van der Waals surface area (Å²) in [5.41, 5.74) is 5.86. The summed E-state index contributed by atoms with van der Waals surface area (Å²) in [6, 6.07) is 7.90. The number of methoxy groups -OCH3 is 1. The Hall–Kier alpha value is -3.96. The second-order valence-corrected chi connectivity index (χ2v) is 11.7. The van der Waals surface area contributed by atoms with E-state index in [1.165, 1.54) is 31.4 Å². The number of primary amides is 1. The van der Waals surface area contributed by atoms with Crippen molar-refractivity contribution in [2.45, 2.75) is 28.5 Å². The summed E-state index contributed by atoms with van der Waals surface area (Å²) in [6.07, 6.45) is 1.31. The predicted octanol–water partition coefficient (Wildman–Crippen LogP) is 3.18. The van der Waals surface area contributed by atoms with Crippen LogP contribution in [0.2, 0.25) is 0 Å². The molecule has 212 valence electrons. The van der Waals surface area contributed by atoms with Crippen LogP contribution in [0.3, 0.4) is 0 Å². The molecule has 2 heterocycles. The number of aromatic hydroxyl groups is 1. The highest BCUT2D eigenvalue weighted by atomic mass is 35.5. The number of nitrogens with two attached hydrogens (primary N) is 1. The highest BCUT2D eigenvalue weighted by Crippen LogP contribution is 2.66. The van der Waals surface area contributed by atoms with Crippen LogP contribution in [0.25, 0.3) is 0 Å². The molecule has 6 atom stereocenters. The molecule has 3 fully saturated rings. The number of hydrogen-bond acceptors (Lipinski definition) is 7.